The van der Waals surface area contributed by atoms with Crippen molar-refractivity contribution in [1.82, 2.24) is 5.32 Å². The van der Waals surface area contributed by atoms with Crippen LogP contribution in [0, 0.1) is 6.92 Å². The van der Waals surface area contributed by atoms with Crippen LogP contribution < -0.4 is 14.8 Å². The van der Waals surface area contributed by atoms with E-state index in [-0.39, 0.29) is 0 Å². The molecule has 0 aliphatic carbocycles. The van der Waals surface area contributed by atoms with Gasteiger partial charge in [0.1, 0.15) is 0 Å². The molecule has 1 N–H and O–H groups in total. The van der Waals surface area contributed by atoms with Gasteiger partial charge in [-0.1, -0.05) is 41.4 Å². The molecule has 0 spiro atoms. The van der Waals surface area contributed by atoms with E-state index in [1.54, 1.807) is 20.3 Å². The van der Waals surface area contributed by atoms with Crippen LogP contribution in [-0.2, 0) is 13.1 Å². The molecule has 0 radical (unpaired) electrons. The summed E-state index contributed by atoms with van der Waals surface area (Å²) in [7, 11) is 3.24. The molecule has 0 bridgehead atoms. The van der Waals surface area contributed by atoms with E-state index in [0.717, 1.165) is 17.9 Å². The molecule has 0 aliphatic rings. The first kappa shape index (κ1) is 15.7. The molecule has 21 heavy (non-hydrogen) atoms. The third-order valence-corrected chi connectivity index (χ3v) is 3.50. The Morgan fingerprint density at radius 1 is 1.00 bits per heavy atom. The lowest BCUT2D eigenvalue weighted by atomic mass is 10.1. The monoisotopic (exact) mass is 305 g/mol. The Balaban J connectivity index is 2.05. The third-order valence-electron chi connectivity index (χ3n) is 3.29. The van der Waals surface area contributed by atoms with Gasteiger partial charge in [0.2, 0.25) is 0 Å². The van der Waals surface area contributed by atoms with Gasteiger partial charge in [0.15, 0.2) is 11.5 Å². The number of ether oxygens (including phenoxy) is 2. The van der Waals surface area contributed by atoms with Gasteiger partial charge < -0.3 is 14.8 Å². The second-order valence-corrected chi connectivity index (χ2v) is 5.33. The fraction of sp³-hybridized carbons (Fsp3) is 0.294. The fourth-order valence-electron chi connectivity index (χ4n) is 2.18. The molecular formula is C17H20ClNO2. The first-order valence-electron chi connectivity index (χ1n) is 6.80. The van der Waals surface area contributed by atoms with Crippen molar-refractivity contribution in [2.75, 3.05) is 14.2 Å². The molecule has 0 aliphatic heterocycles. The SMILES string of the molecule is COc1cc(Cl)cc(CNCc2ccc(C)cc2)c1OC. The highest BCUT2D eigenvalue weighted by Gasteiger charge is 2.11. The summed E-state index contributed by atoms with van der Waals surface area (Å²) in [5, 5.41) is 4.04. The van der Waals surface area contributed by atoms with Gasteiger partial charge in [-0.25, -0.2) is 0 Å². The number of hydrogen-bond donors (Lipinski definition) is 1. The zero-order valence-corrected chi connectivity index (χ0v) is 13.3. The maximum absolute atomic E-state index is 6.11. The van der Waals surface area contributed by atoms with Crippen LogP contribution >= 0.6 is 11.6 Å². The Bertz CT molecular complexity index is 596. The lowest BCUT2D eigenvalue weighted by Gasteiger charge is -2.14. The Morgan fingerprint density at radius 3 is 2.33 bits per heavy atom. The smallest absolute Gasteiger partial charge is 0.165 e. The molecule has 3 nitrogen and oxygen atoms in total. The van der Waals surface area contributed by atoms with Crippen LogP contribution in [0.15, 0.2) is 36.4 Å². The Hall–Kier alpha value is -1.71. The molecule has 0 unspecified atom stereocenters. The molecule has 0 fully saturated rings. The largest absolute Gasteiger partial charge is 0.493 e. The van der Waals surface area contributed by atoms with Gasteiger partial charge in [-0.05, 0) is 18.6 Å². The third kappa shape index (κ3) is 4.13. The van der Waals surface area contributed by atoms with Gasteiger partial charge in [-0.2, -0.15) is 0 Å². The van der Waals surface area contributed by atoms with Gasteiger partial charge in [0, 0.05) is 29.7 Å². The number of halogens is 1. The summed E-state index contributed by atoms with van der Waals surface area (Å²) in [6.07, 6.45) is 0. The lowest BCUT2D eigenvalue weighted by Crippen LogP contribution is -2.13. The molecular weight excluding hydrogens is 286 g/mol. The highest BCUT2D eigenvalue weighted by atomic mass is 35.5. The predicted molar refractivity (Wildman–Crippen MR) is 86.3 cm³/mol. The fourth-order valence-corrected chi connectivity index (χ4v) is 2.42. The van der Waals surface area contributed by atoms with Gasteiger partial charge in [-0.3, -0.25) is 0 Å². The summed E-state index contributed by atoms with van der Waals surface area (Å²) >= 11 is 6.11. The van der Waals surface area contributed by atoms with Crippen molar-refractivity contribution >= 4 is 11.6 Å². The van der Waals surface area contributed by atoms with Crippen LogP contribution in [0.5, 0.6) is 11.5 Å². The van der Waals surface area contributed by atoms with Gasteiger partial charge in [-0.15, -0.1) is 0 Å². The molecule has 0 atom stereocenters. The van der Waals surface area contributed by atoms with Crippen molar-refractivity contribution in [3.63, 3.8) is 0 Å². The number of benzene rings is 2. The Morgan fingerprint density at radius 2 is 1.71 bits per heavy atom. The maximum atomic E-state index is 6.11. The summed E-state index contributed by atoms with van der Waals surface area (Å²) in [5.41, 5.74) is 3.49. The lowest BCUT2D eigenvalue weighted by molar-refractivity contribution is 0.350. The number of methoxy groups -OCH3 is 2. The Labute approximate surface area is 130 Å². The second kappa shape index (κ2) is 7.34. The van der Waals surface area contributed by atoms with Crippen LogP contribution in [-0.4, -0.2) is 14.2 Å². The quantitative estimate of drug-likeness (QED) is 0.876. The summed E-state index contributed by atoms with van der Waals surface area (Å²) in [6, 6.07) is 12.1. The van der Waals surface area contributed by atoms with Gasteiger partial charge in [0.05, 0.1) is 14.2 Å². The molecule has 0 saturated heterocycles. The minimum atomic E-state index is 0.639. The molecule has 0 heterocycles. The minimum Gasteiger partial charge on any atom is -0.493 e. The zero-order valence-electron chi connectivity index (χ0n) is 12.6. The molecule has 112 valence electrons. The predicted octanol–water partition coefficient (Wildman–Crippen LogP) is 3.96. The van der Waals surface area contributed by atoms with E-state index in [1.165, 1.54) is 11.1 Å². The van der Waals surface area contributed by atoms with Crippen molar-refractivity contribution in [3.8, 4) is 11.5 Å². The molecule has 2 aromatic rings. The minimum absolute atomic E-state index is 0.639. The normalized spacial score (nSPS) is 10.5. The standard InChI is InChI=1S/C17H20ClNO2/c1-12-4-6-13(7-5-12)10-19-11-14-8-15(18)9-16(20-2)17(14)21-3/h4-9,19H,10-11H2,1-3H3. The van der Waals surface area contributed by atoms with Crippen molar-refractivity contribution in [3.05, 3.63) is 58.1 Å². The number of nitrogens with one attached hydrogen (secondary N) is 1. The number of rotatable bonds is 6. The maximum Gasteiger partial charge on any atom is 0.165 e. The van der Waals surface area contributed by atoms with E-state index in [4.69, 9.17) is 21.1 Å². The first-order chi connectivity index (χ1) is 10.1. The Kier molecular flexibility index (Phi) is 5.48. The summed E-state index contributed by atoms with van der Waals surface area (Å²) < 4.78 is 10.7. The van der Waals surface area contributed by atoms with Crippen molar-refractivity contribution in [2.24, 2.45) is 0 Å². The summed E-state index contributed by atoms with van der Waals surface area (Å²) in [5.74, 6) is 1.37. The first-order valence-corrected chi connectivity index (χ1v) is 7.18. The highest BCUT2D eigenvalue weighted by Crippen LogP contribution is 2.34. The molecule has 4 heteroatoms. The van der Waals surface area contributed by atoms with Crippen molar-refractivity contribution < 1.29 is 9.47 Å². The van der Waals surface area contributed by atoms with Crippen LogP contribution in [0.3, 0.4) is 0 Å². The van der Waals surface area contributed by atoms with Gasteiger partial charge in [0.25, 0.3) is 0 Å². The van der Waals surface area contributed by atoms with E-state index in [9.17, 15) is 0 Å². The van der Waals surface area contributed by atoms with E-state index in [1.807, 2.05) is 6.07 Å². The number of aryl methyl sites for hydroxylation is 1. The van der Waals surface area contributed by atoms with Crippen LogP contribution in [0.1, 0.15) is 16.7 Å². The number of hydrogen-bond acceptors (Lipinski definition) is 3. The summed E-state index contributed by atoms with van der Waals surface area (Å²) in [4.78, 5) is 0. The van der Waals surface area contributed by atoms with E-state index < -0.39 is 0 Å². The second-order valence-electron chi connectivity index (χ2n) is 4.89. The highest BCUT2D eigenvalue weighted by molar-refractivity contribution is 6.30. The average molecular weight is 306 g/mol. The van der Waals surface area contributed by atoms with Crippen molar-refractivity contribution in [2.45, 2.75) is 20.0 Å². The molecule has 2 aromatic carbocycles. The molecule has 2 rings (SSSR count). The molecule has 0 amide bonds. The van der Waals surface area contributed by atoms with E-state index in [0.29, 0.717) is 17.3 Å². The average Bonchev–Trinajstić information content (AvgIpc) is 2.48. The topological polar surface area (TPSA) is 30.5 Å². The molecule has 0 aromatic heterocycles. The van der Waals surface area contributed by atoms with E-state index in [2.05, 4.69) is 36.5 Å². The van der Waals surface area contributed by atoms with E-state index >= 15 is 0 Å². The summed E-state index contributed by atoms with van der Waals surface area (Å²) in [6.45, 7) is 3.53. The van der Waals surface area contributed by atoms with Crippen molar-refractivity contribution in [1.29, 1.82) is 0 Å². The van der Waals surface area contributed by atoms with Crippen LogP contribution in [0.25, 0.3) is 0 Å². The van der Waals surface area contributed by atoms with Gasteiger partial charge >= 0.3 is 0 Å². The van der Waals surface area contributed by atoms with Crippen LogP contribution in [0.2, 0.25) is 5.02 Å². The molecule has 0 saturated carbocycles. The zero-order chi connectivity index (χ0) is 15.2. The van der Waals surface area contributed by atoms with Crippen LogP contribution in [0.4, 0.5) is 0 Å².